The molecule has 2 aromatic rings. The number of aryl methyl sites for hydroxylation is 1. The first kappa shape index (κ1) is 22.9. The summed E-state index contributed by atoms with van der Waals surface area (Å²) in [6.45, 7) is 3.75. The van der Waals surface area contributed by atoms with Gasteiger partial charge in [0.1, 0.15) is 15.8 Å². The molecule has 1 saturated heterocycles. The summed E-state index contributed by atoms with van der Waals surface area (Å²) in [5.74, 6) is 0.230. The van der Waals surface area contributed by atoms with E-state index < -0.39 is 0 Å². The minimum Gasteiger partial charge on any atom is -0.394 e. The number of amides is 1. The van der Waals surface area contributed by atoms with Crippen LogP contribution in [0.1, 0.15) is 56.6 Å². The molecule has 3 heterocycles. The number of pyridine rings is 1. The van der Waals surface area contributed by atoms with Crippen molar-refractivity contribution in [1.82, 2.24) is 14.3 Å². The Morgan fingerprint density at radius 1 is 1.34 bits per heavy atom. The van der Waals surface area contributed by atoms with E-state index in [-0.39, 0.29) is 30.2 Å². The zero-order valence-corrected chi connectivity index (χ0v) is 20.0. The number of carbonyl (C=O) groups is 1. The van der Waals surface area contributed by atoms with Gasteiger partial charge in [0.25, 0.3) is 11.5 Å². The van der Waals surface area contributed by atoms with Crippen LogP contribution in [0.15, 0.2) is 28.0 Å². The first-order valence-electron chi connectivity index (χ1n) is 11.1. The van der Waals surface area contributed by atoms with Gasteiger partial charge in [-0.1, -0.05) is 56.2 Å². The summed E-state index contributed by atoms with van der Waals surface area (Å²) in [5.41, 5.74) is 1.43. The van der Waals surface area contributed by atoms with Crippen molar-refractivity contribution in [1.29, 1.82) is 0 Å². The molecule has 2 aliphatic rings. The monoisotopic (exact) mass is 472 g/mol. The Labute approximate surface area is 196 Å². The average Bonchev–Trinajstić information content (AvgIpc) is 3.08. The molecular weight excluding hydrogens is 444 g/mol. The van der Waals surface area contributed by atoms with Crippen LogP contribution in [0.3, 0.4) is 0 Å². The molecular formula is C23H28N4O3S2. The fourth-order valence-corrected chi connectivity index (χ4v) is 5.67. The van der Waals surface area contributed by atoms with E-state index in [0.29, 0.717) is 32.7 Å². The number of hydrogen-bond donors (Lipinski definition) is 2. The molecule has 2 aromatic heterocycles. The Morgan fingerprint density at radius 3 is 2.78 bits per heavy atom. The standard InChI is InChI=1S/C23H28N4O3S2/c1-3-15(13-28)24-19-17(21(29)26-11-7-8-14(2)20(26)25-19)12-18-22(30)27(23(31)32-18)16-9-5-4-6-10-16/h7-8,11-12,15-16,24,28H,3-6,9-10,13H2,1-2H3/b18-12+/t15-/m0/s1. The summed E-state index contributed by atoms with van der Waals surface area (Å²) in [7, 11) is 0. The maximum atomic E-state index is 13.4. The predicted octanol–water partition coefficient (Wildman–Crippen LogP) is 3.72. The Balaban J connectivity index is 1.79. The topological polar surface area (TPSA) is 86.9 Å². The van der Waals surface area contributed by atoms with Gasteiger partial charge in [-0.2, -0.15) is 0 Å². The number of thioether (sulfide) groups is 1. The number of aliphatic hydroxyl groups is 1. The van der Waals surface area contributed by atoms with Gasteiger partial charge >= 0.3 is 0 Å². The van der Waals surface area contributed by atoms with Crippen molar-refractivity contribution >= 4 is 51.7 Å². The van der Waals surface area contributed by atoms with E-state index in [1.54, 1.807) is 23.2 Å². The highest BCUT2D eigenvalue weighted by atomic mass is 32.2. The third-order valence-corrected chi connectivity index (χ3v) is 7.51. The van der Waals surface area contributed by atoms with Gasteiger partial charge in [-0.25, -0.2) is 4.98 Å². The summed E-state index contributed by atoms with van der Waals surface area (Å²) in [6, 6.07) is 3.58. The summed E-state index contributed by atoms with van der Waals surface area (Å²) >= 11 is 6.78. The molecule has 1 aliphatic carbocycles. The van der Waals surface area contributed by atoms with E-state index in [9.17, 15) is 14.7 Å². The molecule has 0 aromatic carbocycles. The molecule has 1 atom stereocenters. The van der Waals surface area contributed by atoms with E-state index in [2.05, 4.69) is 5.32 Å². The smallest absolute Gasteiger partial charge is 0.267 e. The Bertz CT molecular complexity index is 1130. The number of aromatic nitrogens is 2. The highest BCUT2D eigenvalue weighted by molar-refractivity contribution is 8.26. The van der Waals surface area contributed by atoms with E-state index in [0.717, 1.165) is 31.2 Å². The first-order valence-corrected chi connectivity index (χ1v) is 12.3. The number of nitrogens with one attached hydrogen (secondary N) is 1. The number of rotatable bonds is 6. The molecule has 2 fully saturated rings. The van der Waals surface area contributed by atoms with Crippen molar-refractivity contribution in [3.05, 3.63) is 44.7 Å². The number of carbonyl (C=O) groups excluding carboxylic acids is 1. The van der Waals surface area contributed by atoms with Gasteiger partial charge in [0, 0.05) is 12.2 Å². The van der Waals surface area contributed by atoms with Gasteiger partial charge < -0.3 is 10.4 Å². The quantitative estimate of drug-likeness (QED) is 0.489. The second kappa shape index (κ2) is 9.72. The van der Waals surface area contributed by atoms with E-state index in [1.807, 2.05) is 19.9 Å². The van der Waals surface area contributed by atoms with Crippen LogP contribution in [0.5, 0.6) is 0 Å². The maximum Gasteiger partial charge on any atom is 0.267 e. The molecule has 0 unspecified atom stereocenters. The van der Waals surface area contributed by atoms with E-state index in [1.165, 1.54) is 22.6 Å². The molecule has 7 nitrogen and oxygen atoms in total. The highest BCUT2D eigenvalue weighted by Crippen LogP contribution is 2.37. The minimum absolute atomic E-state index is 0.0887. The molecule has 4 rings (SSSR count). The number of nitrogens with zero attached hydrogens (tertiary/aromatic N) is 3. The van der Waals surface area contributed by atoms with Crippen LogP contribution in [0, 0.1) is 6.92 Å². The molecule has 32 heavy (non-hydrogen) atoms. The van der Waals surface area contributed by atoms with Crippen molar-refractivity contribution in [3.8, 4) is 0 Å². The zero-order chi connectivity index (χ0) is 22.8. The molecule has 1 amide bonds. The van der Waals surface area contributed by atoms with Crippen LogP contribution in [-0.2, 0) is 4.79 Å². The highest BCUT2D eigenvalue weighted by Gasteiger charge is 2.37. The van der Waals surface area contributed by atoms with Gasteiger partial charge in [0.05, 0.1) is 23.1 Å². The van der Waals surface area contributed by atoms with Crippen LogP contribution >= 0.6 is 24.0 Å². The molecule has 2 N–H and O–H groups in total. The van der Waals surface area contributed by atoms with Crippen LogP contribution in [-0.4, -0.2) is 48.3 Å². The number of fused-ring (bicyclic) bond motifs is 1. The van der Waals surface area contributed by atoms with Crippen LogP contribution < -0.4 is 10.9 Å². The van der Waals surface area contributed by atoms with Crippen molar-refractivity contribution < 1.29 is 9.90 Å². The fraction of sp³-hybridized carbons (Fsp3) is 0.478. The lowest BCUT2D eigenvalue weighted by atomic mass is 9.94. The van der Waals surface area contributed by atoms with Gasteiger partial charge in [-0.05, 0) is 43.9 Å². The summed E-state index contributed by atoms with van der Waals surface area (Å²) in [5, 5.41) is 12.9. The predicted molar refractivity (Wildman–Crippen MR) is 133 cm³/mol. The molecule has 1 saturated carbocycles. The average molecular weight is 473 g/mol. The largest absolute Gasteiger partial charge is 0.394 e. The van der Waals surface area contributed by atoms with Gasteiger partial charge in [0.2, 0.25) is 0 Å². The van der Waals surface area contributed by atoms with Gasteiger partial charge in [0.15, 0.2) is 0 Å². The van der Waals surface area contributed by atoms with Crippen LogP contribution in [0.4, 0.5) is 5.82 Å². The lowest BCUT2D eigenvalue weighted by Crippen LogP contribution is -2.39. The second-order valence-electron chi connectivity index (χ2n) is 8.34. The van der Waals surface area contributed by atoms with Crippen molar-refractivity contribution in [2.24, 2.45) is 0 Å². The van der Waals surface area contributed by atoms with Crippen molar-refractivity contribution in [2.45, 2.75) is 64.5 Å². The van der Waals surface area contributed by atoms with Crippen molar-refractivity contribution in [2.75, 3.05) is 11.9 Å². The Hall–Kier alpha value is -2.23. The minimum atomic E-state index is -0.267. The molecule has 0 spiro atoms. The van der Waals surface area contributed by atoms with Crippen LogP contribution in [0.2, 0.25) is 0 Å². The summed E-state index contributed by atoms with van der Waals surface area (Å²) in [4.78, 5) is 33.5. The van der Waals surface area contributed by atoms with Gasteiger partial charge in [-0.3, -0.25) is 18.9 Å². The Kier molecular flexibility index (Phi) is 6.97. The third-order valence-electron chi connectivity index (χ3n) is 6.18. The number of thiocarbonyl (C=S) groups is 1. The lowest BCUT2D eigenvalue weighted by Gasteiger charge is -2.29. The first-order chi connectivity index (χ1) is 15.4. The van der Waals surface area contributed by atoms with E-state index >= 15 is 0 Å². The van der Waals surface area contributed by atoms with E-state index in [4.69, 9.17) is 17.2 Å². The SMILES string of the molecule is CC[C@@H](CO)Nc1nc2c(C)cccn2c(=O)c1/C=C1/SC(=S)N(C2CCCCC2)C1=O. The zero-order valence-electron chi connectivity index (χ0n) is 18.3. The lowest BCUT2D eigenvalue weighted by molar-refractivity contribution is -0.124. The van der Waals surface area contributed by atoms with Crippen LogP contribution in [0.25, 0.3) is 11.7 Å². The summed E-state index contributed by atoms with van der Waals surface area (Å²) in [6.07, 6.45) is 9.26. The molecule has 9 heteroatoms. The normalized spacial score (nSPS) is 19.8. The van der Waals surface area contributed by atoms with Gasteiger partial charge in [-0.15, -0.1) is 0 Å². The molecule has 1 aliphatic heterocycles. The number of aliphatic hydroxyl groups excluding tert-OH is 1. The molecule has 0 radical (unpaired) electrons. The molecule has 170 valence electrons. The summed E-state index contributed by atoms with van der Waals surface area (Å²) < 4.78 is 2.04. The number of hydrogen-bond acceptors (Lipinski definition) is 7. The third kappa shape index (κ3) is 4.33. The fourth-order valence-electron chi connectivity index (χ4n) is 4.29. The van der Waals surface area contributed by atoms with Crippen molar-refractivity contribution in [3.63, 3.8) is 0 Å². The Morgan fingerprint density at radius 2 is 2.09 bits per heavy atom. The number of anilines is 1. The second-order valence-corrected chi connectivity index (χ2v) is 10.0. The molecule has 0 bridgehead atoms. The maximum absolute atomic E-state index is 13.4.